The SMILES string of the molecule is COc1ccccc1[C@H](c1cc2ccccc2[nH]1)N1Cc2ccc(-c3ccc(N4CCN(C(=O)O)CC4)cc3)cc2C1=O. The van der Waals surface area contributed by atoms with Gasteiger partial charge in [-0.1, -0.05) is 60.7 Å². The molecule has 1 fully saturated rings. The van der Waals surface area contributed by atoms with Crippen molar-refractivity contribution in [3.63, 3.8) is 0 Å². The van der Waals surface area contributed by atoms with Gasteiger partial charge in [-0.05, 0) is 58.5 Å². The smallest absolute Gasteiger partial charge is 0.407 e. The third-order valence-corrected chi connectivity index (χ3v) is 8.65. The number of carbonyl (C=O) groups is 2. The molecule has 1 saturated heterocycles. The fraction of sp³-hybridized carbons (Fsp3) is 0.200. The first-order valence-electron chi connectivity index (χ1n) is 14.5. The predicted molar refractivity (Wildman–Crippen MR) is 167 cm³/mol. The lowest BCUT2D eigenvalue weighted by Crippen LogP contribution is -2.48. The molecular weight excluding hydrogens is 540 g/mol. The number of nitrogens with zero attached hydrogens (tertiary/aromatic N) is 3. The molecule has 43 heavy (non-hydrogen) atoms. The lowest BCUT2D eigenvalue weighted by molar-refractivity contribution is 0.0726. The summed E-state index contributed by atoms with van der Waals surface area (Å²) in [5, 5.41) is 10.3. The summed E-state index contributed by atoms with van der Waals surface area (Å²) in [5.41, 5.74) is 7.67. The number of piperazine rings is 1. The van der Waals surface area contributed by atoms with Crippen LogP contribution in [-0.2, 0) is 6.54 Å². The molecule has 1 aromatic heterocycles. The van der Waals surface area contributed by atoms with Crippen molar-refractivity contribution >= 4 is 28.6 Å². The molecule has 8 nitrogen and oxygen atoms in total. The van der Waals surface area contributed by atoms with Crippen LogP contribution >= 0.6 is 0 Å². The third kappa shape index (κ3) is 4.84. The Morgan fingerprint density at radius 3 is 2.33 bits per heavy atom. The van der Waals surface area contributed by atoms with Gasteiger partial charge in [-0.15, -0.1) is 0 Å². The van der Waals surface area contributed by atoms with Crippen molar-refractivity contribution in [1.82, 2.24) is 14.8 Å². The summed E-state index contributed by atoms with van der Waals surface area (Å²) in [5.74, 6) is 0.722. The van der Waals surface area contributed by atoms with E-state index in [1.54, 1.807) is 7.11 Å². The zero-order valence-electron chi connectivity index (χ0n) is 23.9. The monoisotopic (exact) mass is 572 g/mol. The van der Waals surface area contributed by atoms with Gasteiger partial charge >= 0.3 is 6.09 Å². The molecule has 0 bridgehead atoms. The molecule has 2 amide bonds. The number of anilines is 1. The molecular formula is C35H32N4O4. The summed E-state index contributed by atoms with van der Waals surface area (Å²) in [7, 11) is 1.66. The molecule has 7 rings (SSSR count). The average Bonchev–Trinajstić information content (AvgIpc) is 3.62. The highest BCUT2D eigenvalue weighted by molar-refractivity contribution is 6.00. The normalized spacial score (nSPS) is 15.6. The van der Waals surface area contributed by atoms with Gasteiger partial charge in [-0.2, -0.15) is 0 Å². The lowest BCUT2D eigenvalue weighted by Gasteiger charge is -2.34. The Morgan fingerprint density at radius 1 is 0.860 bits per heavy atom. The van der Waals surface area contributed by atoms with E-state index < -0.39 is 6.09 Å². The van der Waals surface area contributed by atoms with Gasteiger partial charge in [0.05, 0.1) is 7.11 Å². The van der Waals surface area contributed by atoms with Gasteiger partial charge in [0.15, 0.2) is 0 Å². The van der Waals surface area contributed by atoms with E-state index in [0.29, 0.717) is 38.3 Å². The molecule has 4 aromatic carbocycles. The van der Waals surface area contributed by atoms with Gasteiger partial charge in [0.2, 0.25) is 0 Å². The molecule has 0 spiro atoms. The Morgan fingerprint density at radius 2 is 1.58 bits per heavy atom. The number of carboxylic acid groups (broad SMARTS) is 1. The van der Waals surface area contributed by atoms with E-state index in [-0.39, 0.29) is 11.9 Å². The largest absolute Gasteiger partial charge is 0.496 e. The number of benzene rings is 4. The first-order valence-corrected chi connectivity index (χ1v) is 14.5. The molecule has 216 valence electrons. The summed E-state index contributed by atoms with van der Waals surface area (Å²) in [6.45, 7) is 2.81. The molecule has 2 N–H and O–H groups in total. The second-order valence-corrected chi connectivity index (χ2v) is 11.1. The maximum Gasteiger partial charge on any atom is 0.407 e. The number of hydrogen-bond acceptors (Lipinski definition) is 4. The highest BCUT2D eigenvalue weighted by atomic mass is 16.5. The minimum atomic E-state index is -0.865. The van der Waals surface area contributed by atoms with Crippen LogP contribution in [0.5, 0.6) is 5.75 Å². The van der Waals surface area contributed by atoms with E-state index in [1.807, 2.05) is 53.4 Å². The van der Waals surface area contributed by atoms with Crippen LogP contribution in [0.3, 0.4) is 0 Å². The fourth-order valence-electron chi connectivity index (χ4n) is 6.37. The summed E-state index contributed by atoms with van der Waals surface area (Å²) < 4.78 is 5.76. The number of aromatic nitrogens is 1. The summed E-state index contributed by atoms with van der Waals surface area (Å²) in [6.07, 6.45) is -0.865. The Bertz CT molecular complexity index is 1790. The molecule has 0 unspecified atom stereocenters. The molecule has 2 aliphatic rings. The average molecular weight is 573 g/mol. The minimum absolute atomic E-state index is 0.0145. The molecule has 3 heterocycles. The van der Waals surface area contributed by atoms with Crippen molar-refractivity contribution in [1.29, 1.82) is 0 Å². The van der Waals surface area contributed by atoms with Crippen LogP contribution in [-0.4, -0.2) is 65.2 Å². The summed E-state index contributed by atoms with van der Waals surface area (Å²) in [6, 6.07) is 32.2. The number of hydrogen-bond donors (Lipinski definition) is 2. The van der Waals surface area contributed by atoms with Crippen LogP contribution in [0.1, 0.15) is 33.2 Å². The maximum absolute atomic E-state index is 14.1. The van der Waals surface area contributed by atoms with E-state index in [9.17, 15) is 14.7 Å². The fourth-order valence-corrected chi connectivity index (χ4v) is 6.37. The van der Waals surface area contributed by atoms with Crippen LogP contribution < -0.4 is 9.64 Å². The molecule has 2 aliphatic heterocycles. The van der Waals surface area contributed by atoms with Crippen molar-refractivity contribution in [2.75, 3.05) is 38.2 Å². The molecule has 1 atom stereocenters. The summed E-state index contributed by atoms with van der Waals surface area (Å²) >= 11 is 0. The quantitative estimate of drug-likeness (QED) is 0.246. The lowest BCUT2D eigenvalue weighted by atomic mass is 10.00. The van der Waals surface area contributed by atoms with Crippen molar-refractivity contribution in [3.05, 3.63) is 119 Å². The molecule has 5 aromatic rings. The zero-order valence-corrected chi connectivity index (χ0v) is 23.9. The molecule has 0 saturated carbocycles. The Hall–Kier alpha value is -5.24. The number of carbonyl (C=O) groups excluding carboxylic acids is 1. The van der Waals surface area contributed by atoms with E-state index in [1.165, 1.54) is 4.90 Å². The number of ether oxygens (including phenoxy) is 1. The minimum Gasteiger partial charge on any atom is -0.496 e. The Labute approximate surface area is 249 Å². The number of H-pyrrole nitrogens is 1. The van der Waals surface area contributed by atoms with Gasteiger partial charge in [0, 0.05) is 60.7 Å². The highest BCUT2D eigenvalue weighted by Gasteiger charge is 2.36. The Balaban J connectivity index is 1.18. The van der Waals surface area contributed by atoms with Crippen molar-refractivity contribution in [2.24, 2.45) is 0 Å². The number of aromatic amines is 1. The first-order chi connectivity index (χ1) is 21.0. The molecule has 8 heteroatoms. The van der Waals surface area contributed by atoms with Crippen LogP contribution in [0.15, 0.2) is 97.1 Å². The molecule has 0 aliphatic carbocycles. The van der Waals surface area contributed by atoms with Crippen LogP contribution in [0, 0.1) is 0 Å². The van der Waals surface area contributed by atoms with E-state index in [4.69, 9.17) is 4.74 Å². The van der Waals surface area contributed by atoms with Gasteiger partial charge in [0.1, 0.15) is 11.8 Å². The van der Waals surface area contributed by atoms with Crippen molar-refractivity contribution in [3.8, 4) is 16.9 Å². The van der Waals surface area contributed by atoms with Gasteiger partial charge in [-0.3, -0.25) is 4.79 Å². The standard InChI is InChI=1S/C35H32N4O4/c1-43-32-9-5-3-7-28(32)33(31-21-25-6-2-4-8-30(25)36-31)39-22-26-11-10-24(20-29(26)34(39)40)23-12-14-27(15-13-23)37-16-18-38(19-17-37)35(41)42/h2-15,20-21,33,36H,16-19,22H2,1H3,(H,41,42)/t33-/m1/s1. The van der Waals surface area contributed by atoms with Crippen LogP contribution in [0.4, 0.5) is 10.5 Å². The number of para-hydroxylation sites is 2. The number of fused-ring (bicyclic) bond motifs is 2. The number of methoxy groups -OCH3 is 1. The number of nitrogens with one attached hydrogen (secondary N) is 1. The van der Waals surface area contributed by atoms with Crippen molar-refractivity contribution < 1.29 is 19.4 Å². The first kappa shape index (κ1) is 26.6. The number of amides is 2. The second-order valence-electron chi connectivity index (χ2n) is 11.1. The second kappa shape index (κ2) is 10.9. The topological polar surface area (TPSA) is 89.1 Å². The van der Waals surface area contributed by atoms with Crippen LogP contribution in [0.25, 0.3) is 22.0 Å². The van der Waals surface area contributed by atoms with Crippen LogP contribution in [0.2, 0.25) is 0 Å². The number of rotatable bonds is 6. The van der Waals surface area contributed by atoms with Gasteiger partial charge < -0.3 is 29.5 Å². The predicted octanol–water partition coefficient (Wildman–Crippen LogP) is 6.39. The Kier molecular flexibility index (Phi) is 6.74. The summed E-state index contributed by atoms with van der Waals surface area (Å²) in [4.78, 5) is 34.5. The van der Waals surface area contributed by atoms with E-state index >= 15 is 0 Å². The van der Waals surface area contributed by atoms with E-state index in [2.05, 4.69) is 58.4 Å². The molecule has 0 radical (unpaired) electrons. The maximum atomic E-state index is 14.1. The van der Waals surface area contributed by atoms with Gasteiger partial charge in [0.25, 0.3) is 5.91 Å². The third-order valence-electron chi connectivity index (χ3n) is 8.65. The van der Waals surface area contributed by atoms with E-state index in [0.717, 1.165) is 50.3 Å². The van der Waals surface area contributed by atoms with Gasteiger partial charge in [-0.25, -0.2) is 4.79 Å². The highest BCUT2D eigenvalue weighted by Crippen LogP contribution is 2.41. The van der Waals surface area contributed by atoms with Crippen molar-refractivity contribution in [2.45, 2.75) is 12.6 Å². The zero-order chi connectivity index (χ0) is 29.5.